The lowest BCUT2D eigenvalue weighted by molar-refractivity contribution is -0.168. The fraction of sp³-hybridized carbons (Fsp3) is 0.400. The molecule has 0 radical (unpaired) electrons. The molecule has 1 aromatic rings. The number of benzene rings is 1. The van der Waals surface area contributed by atoms with Gasteiger partial charge in [0.1, 0.15) is 5.54 Å². The first kappa shape index (κ1) is 10.9. The highest BCUT2D eigenvalue weighted by Gasteiger charge is 2.47. The van der Waals surface area contributed by atoms with Crippen LogP contribution in [0.5, 0.6) is 0 Å². The third kappa shape index (κ3) is 2.40. The zero-order chi connectivity index (χ0) is 10.8. The molecule has 0 fully saturated rings. The fourth-order valence-corrected chi connectivity index (χ4v) is 0.953. The summed E-state index contributed by atoms with van der Waals surface area (Å²) in [5, 5.41) is 2.43. The molecule has 78 valence electrons. The lowest BCUT2D eigenvalue weighted by atomic mass is 10.0. The molecule has 14 heavy (non-hydrogen) atoms. The van der Waals surface area contributed by atoms with Gasteiger partial charge in [-0.05, 0) is 26.0 Å². The van der Waals surface area contributed by atoms with Crippen molar-refractivity contribution in [1.82, 2.24) is 0 Å². The molecule has 0 aliphatic carbocycles. The monoisotopic (exact) mass is 203 g/mol. The molecule has 0 unspecified atom stereocenters. The summed E-state index contributed by atoms with van der Waals surface area (Å²) in [6.07, 6.45) is -4.26. The van der Waals surface area contributed by atoms with Gasteiger partial charge in [-0.1, -0.05) is 18.2 Å². The Bertz CT molecular complexity index is 290. The van der Waals surface area contributed by atoms with E-state index in [1.165, 1.54) is 0 Å². The lowest BCUT2D eigenvalue weighted by Gasteiger charge is -2.29. The number of hydrogen-bond acceptors (Lipinski definition) is 1. The summed E-state index contributed by atoms with van der Waals surface area (Å²) in [7, 11) is 0. The second kappa shape index (κ2) is 3.52. The van der Waals surface area contributed by atoms with Crippen molar-refractivity contribution in [1.29, 1.82) is 0 Å². The van der Waals surface area contributed by atoms with Crippen LogP contribution >= 0.6 is 0 Å². The van der Waals surface area contributed by atoms with Gasteiger partial charge in [0.15, 0.2) is 0 Å². The summed E-state index contributed by atoms with van der Waals surface area (Å²) in [5.74, 6) is 0. The maximum absolute atomic E-state index is 12.5. The van der Waals surface area contributed by atoms with Crippen LogP contribution in [0.4, 0.5) is 18.9 Å². The van der Waals surface area contributed by atoms with Crippen molar-refractivity contribution in [2.75, 3.05) is 5.32 Å². The van der Waals surface area contributed by atoms with Gasteiger partial charge in [0.05, 0.1) is 0 Å². The lowest BCUT2D eigenvalue weighted by Crippen LogP contribution is -2.46. The Balaban J connectivity index is 2.79. The van der Waals surface area contributed by atoms with Crippen molar-refractivity contribution < 1.29 is 13.2 Å². The largest absolute Gasteiger partial charge is 0.410 e. The molecule has 1 aromatic carbocycles. The van der Waals surface area contributed by atoms with E-state index in [-0.39, 0.29) is 0 Å². The van der Waals surface area contributed by atoms with Crippen LogP contribution in [0.25, 0.3) is 0 Å². The summed E-state index contributed by atoms with van der Waals surface area (Å²) in [5.41, 5.74) is -1.44. The Kier molecular flexibility index (Phi) is 2.73. The molecule has 0 aromatic heterocycles. The van der Waals surface area contributed by atoms with E-state index >= 15 is 0 Å². The average Bonchev–Trinajstić information content (AvgIpc) is 2.03. The van der Waals surface area contributed by atoms with Crippen LogP contribution in [0, 0.1) is 0 Å². The predicted molar refractivity (Wildman–Crippen MR) is 50.2 cm³/mol. The number of nitrogens with one attached hydrogen (secondary N) is 1. The van der Waals surface area contributed by atoms with E-state index in [9.17, 15) is 13.2 Å². The topological polar surface area (TPSA) is 12.0 Å². The molecule has 0 saturated heterocycles. The molecule has 1 nitrogen and oxygen atoms in total. The molecule has 4 heteroatoms. The molecule has 0 saturated carbocycles. The number of rotatable bonds is 2. The molecular formula is C10H12F3N. The third-order valence-electron chi connectivity index (χ3n) is 1.94. The molecule has 0 aliphatic heterocycles. The second-order valence-corrected chi connectivity index (χ2v) is 3.61. The van der Waals surface area contributed by atoms with Gasteiger partial charge in [0.25, 0.3) is 0 Å². The molecule has 1 rings (SSSR count). The van der Waals surface area contributed by atoms with Crippen LogP contribution in [-0.2, 0) is 0 Å². The zero-order valence-corrected chi connectivity index (χ0v) is 8.02. The Morgan fingerprint density at radius 2 is 1.50 bits per heavy atom. The quantitative estimate of drug-likeness (QED) is 0.776. The van der Waals surface area contributed by atoms with Crippen LogP contribution in [0.3, 0.4) is 0 Å². The summed E-state index contributed by atoms with van der Waals surface area (Å²) >= 11 is 0. The molecule has 0 atom stereocenters. The number of alkyl halides is 3. The summed E-state index contributed by atoms with van der Waals surface area (Å²) < 4.78 is 37.4. The molecule has 0 spiro atoms. The average molecular weight is 203 g/mol. The van der Waals surface area contributed by atoms with Gasteiger partial charge in [0, 0.05) is 5.69 Å². The Morgan fingerprint density at radius 1 is 1.00 bits per heavy atom. The van der Waals surface area contributed by atoms with Crippen LogP contribution in [0.2, 0.25) is 0 Å². The van der Waals surface area contributed by atoms with Gasteiger partial charge in [-0.2, -0.15) is 13.2 Å². The summed E-state index contributed by atoms with van der Waals surface area (Å²) in [4.78, 5) is 0. The number of para-hydroxylation sites is 1. The van der Waals surface area contributed by atoms with Crippen LogP contribution in [-0.4, -0.2) is 11.7 Å². The van der Waals surface area contributed by atoms with Gasteiger partial charge in [-0.3, -0.25) is 0 Å². The summed E-state index contributed by atoms with van der Waals surface area (Å²) in [6, 6.07) is 8.34. The van der Waals surface area contributed by atoms with Crippen molar-refractivity contribution in [3.05, 3.63) is 30.3 Å². The van der Waals surface area contributed by atoms with Crippen LogP contribution in [0.15, 0.2) is 30.3 Å². The van der Waals surface area contributed by atoms with Crippen molar-refractivity contribution in [3.63, 3.8) is 0 Å². The first-order valence-electron chi connectivity index (χ1n) is 4.23. The van der Waals surface area contributed by atoms with Crippen molar-refractivity contribution in [3.8, 4) is 0 Å². The smallest absolute Gasteiger partial charge is 0.372 e. The van der Waals surface area contributed by atoms with E-state index in [2.05, 4.69) is 5.32 Å². The minimum Gasteiger partial charge on any atom is -0.372 e. The standard InChI is InChI=1S/C10H12F3N/c1-9(2,10(11,12)13)14-8-6-4-3-5-7-8/h3-7,14H,1-2H3. The van der Waals surface area contributed by atoms with Crippen molar-refractivity contribution in [2.24, 2.45) is 0 Å². The van der Waals surface area contributed by atoms with Gasteiger partial charge in [-0.25, -0.2) is 0 Å². The number of anilines is 1. The summed E-state index contributed by atoms with van der Waals surface area (Å²) in [6.45, 7) is 2.22. The van der Waals surface area contributed by atoms with Gasteiger partial charge in [0.2, 0.25) is 0 Å². The zero-order valence-electron chi connectivity index (χ0n) is 8.02. The van der Waals surface area contributed by atoms with E-state index < -0.39 is 11.7 Å². The highest BCUT2D eigenvalue weighted by atomic mass is 19.4. The first-order chi connectivity index (χ1) is 6.33. The highest BCUT2D eigenvalue weighted by molar-refractivity contribution is 5.45. The van der Waals surface area contributed by atoms with E-state index in [0.717, 1.165) is 13.8 Å². The fourth-order valence-electron chi connectivity index (χ4n) is 0.953. The molecular weight excluding hydrogens is 191 g/mol. The normalized spacial score (nSPS) is 12.6. The second-order valence-electron chi connectivity index (χ2n) is 3.61. The minimum absolute atomic E-state index is 0.467. The molecule has 1 N–H and O–H groups in total. The SMILES string of the molecule is CC(C)(Nc1ccccc1)C(F)(F)F. The highest BCUT2D eigenvalue weighted by Crippen LogP contribution is 2.32. The number of halogens is 3. The van der Waals surface area contributed by atoms with E-state index in [0.29, 0.717) is 5.69 Å². The van der Waals surface area contributed by atoms with Gasteiger partial charge >= 0.3 is 6.18 Å². The Labute approximate surface area is 80.9 Å². The van der Waals surface area contributed by atoms with E-state index in [1.54, 1.807) is 30.3 Å². The third-order valence-corrected chi connectivity index (χ3v) is 1.94. The van der Waals surface area contributed by atoms with E-state index in [1.807, 2.05) is 0 Å². The Hall–Kier alpha value is -1.19. The number of hydrogen-bond donors (Lipinski definition) is 1. The maximum Gasteiger partial charge on any atom is 0.410 e. The van der Waals surface area contributed by atoms with Crippen LogP contribution in [0.1, 0.15) is 13.8 Å². The Morgan fingerprint density at radius 3 is 1.93 bits per heavy atom. The van der Waals surface area contributed by atoms with Crippen LogP contribution < -0.4 is 5.32 Å². The molecule has 0 bridgehead atoms. The molecule has 0 aliphatic rings. The van der Waals surface area contributed by atoms with Gasteiger partial charge in [-0.15, -0.1) is 0 Å². The van der Waals surface area contributed by atoms with Gasteiger partial charge < -0.3 is 5.32 Å². The first-order valence-corrected chi connectivity index (χ1v) is 4.23. The van der Waals surface area contributed by atoms with Crippen molar-refractivity contribution >= 4 is 5.69 Å². The van der Waals surface area contributed by atoms with Crippen molar-refractivity contribution in [2.45, 2.75) is 25.6 Å². The maximum atomic E-state index is 12.5. The molecule has 0 amide bonds. The minimum atomic E-state index is -4.26. The molecule has 0 heterocycles. The van der Waals surface area contributed by atoms with E-state index in [4.69, 9.17) is 0 Å². The predicted octanol–water partition coefficient (Wildman–Crippen LogP) is 3.44.